The third-order valence-electron chi connectivity index (χ3n) is 5.13. The number of sulfonamides is 1. The molecule has 2 aromatic carbocycles. The maximum atomic E-state index is 12.7. The molecule has 0 saturated heterocycles. The third kappa shape index (κ3) is 2.97. The average Bonchev–Trinajstić information content (AvgIpc) is 2.85. The van der Waals surface area contributed by atoms with Crippen LogP contribution in [0.3, 0.4) is 0 Å². The van der Waals surface area contributed by atoms with Gasteiger partial charge in [-0.15, -0.1) is 0 Å². The molecule has 1 atom stereocenters. The second kappa shape index (κ2) is 6.40. The van der Waals surface area contributed by atoms with Crippen LogP contribution in [0.1, 0.15) is 48.1 Å². The Bertz CT molecular complexity index is 1020. The Kier molecular flexibility index (Phi) is 4.19. The SMILES string of the molecule is CC1=C(c2ccc(C)cc2)S(=O)(=O)NC1=NC1CCCc2ccccc21. The first-order valence-corrected chi connectivity index (χ1v) is 10.4. The van der Waals surface area contributed by atoms with Gasteiger partial charge in [-0.3, -0.25) is 9.71 Å². The van der Waals surface area contributed by atoms with Gasteiger partial charge < -0.3 is 0 Å². The molecule has 0 fully saturated rings. The number of aryl methyl sites for hydroxylation is 2. The molecule has 26 heavy (non-hydrogen) atoms. The normalized spacial score (nSPS) is 23.0. The summed E-state index contributed by atoms with van der Waals surface area (Å²) in [6, 6.07) is 15.9. The van der Waals surface area contributed by atoms with Gasteiger partial charge in [-0.1, -0.05) is 54.1 Å². The lowest BCUT2D eigenvalue weighted by Crippen LogP contribution is -2.24. The van der Waals surface area contributed by atoms with Crippen molar-refractivity contribution in [2.45, 2.75) is 39.2 Å². The molecule has 2 aliphatic rings. The van der Waals surface area contributed by atoms with Crippen molar-refractivity contribution < 1.29 is 8.42 Å². The van der Waals surface area contributed by atoms with E-state index in [2.05, 4.69) is 16.9 Å². The van der Waals surface area contributed by atoms with Gasteiger partial charge in [0, 0.05) is 5.57 Å². The van der Waals surface area contributed by atoms with Crippen molar-refractivity contribution in [3.05, 3.63) is 76.4 Å². The summed E-state index contributed by atoms with van der Waals surface area (Å²) in [6.07, 6.45) is 3.07. The van der Waals surface area contributed by atoms with Gasteiger partial charge in [0.05, 0.1) is 6.04 Å². The molecule has 0 radical (unpaired) electrons. The van der Waals surface area contributed by atoms with Gasteiger partial charge in [-0.25, -0.2) is 8.42 Å². The largest absolute Gasteiger partial charge is 0.264 e. The number of hydrogen-bond donors (Lipinski definition) is 1. The van der Waals surface area contributed by atoms with E-state index in [0.717, 1.165) is 24.8 Å². The van der Waals surface area contributed by atoms with E-state index in [1.165, 1.54) is 11.1 Å². The molecule has 0 bridgehead atoms. The van der Waals surface area contributed by atoms with E-state index in [4.69, 9.17) is 4.99 Å². The van der Waals surface area contributed by atoms with Gasteiger partial charge >= 0.3 is 0 Å². The third-order valence-corrected chi connectivity index (χ3v) is 6.67. The Balaban J connectivity index is 1.77. The van der Waals surface area contributed by atoms with E-state index >= 15 is 0 Å². The predicted molar refractivity (Wildman–Crippen MR) is 105 cm³/mol. The minimum atomic E-state index is -3.58. The quantitative estimate of drug-likeness (QED) is 0.868. The van der Waals surface area contributed by atoms with Crippen molar-refractivity contribution in [2.24, 2.45) is 4.99 Å². The number of nitrogens with zero attached hydrogens (tertiary/aromatic N) is 1. The standard InChI is InChI=1S/C21H22N2O2S/c1-14-10-12-17(13-11-14)20-15(2)21(23-26(20,24)25)22-19-9-5-7-16-6-3-4-8-18(16)19/h3-4,6,8,10-13,19H,5,7,9H2,1-2H3,(H,22,23). The lowest BCUT2D eigenvalue weighted by atomic mass is 9.88. The molecule has 1 heterocycles. The number of hydrogen-bond acceptors (Lipinski definition) is 3. The average molecular weight is 366 g/mol. The molecule has 1 unspecified atom stereocenters. The van der Waals surface area contributed by atoms with Gasteiger partial charge in [-0.2, -0.15) is 0 Å². The number of benzene rings is 2. The lowest BCUT2D eigenvalue weighted by molar-refractivity contribution is 0.571. The van der Waals surface area contributed by atoms with Crippen molar-refractivity contribution in [1.29, 1.82) is 0 Å². The van der Waals surface area contributed by atoms with E-state index in [-0.39, 0.29) is 6.04 Å². The van der Waals surface area contributed by atoms with E-state index in [0.29, 0.717) is 21.9 Å². The Morgan fingerprint density at radius 1 is 1.04 bits per heavy atom. The highest BCUT2D eigenvalue weighted by molar-refractivity contribution is 8.00. The molecule has 1 aliphatic carbocycles. The fraction of sp³-hybridized carbons (Fsp3) is 0.286. The number of fused-ring (bicyclic) bond motifs is 1. The second-order valence-corrected chi connectivity index (χ2v) is 8.63. The van der Waals surface area contributed by atoms with Crippen LogP contribution in [-0.4, -0.2) is 14.3 Å². The van der Waals surface area contributed by atoms with Crippen LogP contribution in [0.15, 0.2) is 59.1 Å². The molecular formula is C21H22N2O2S. The van der Waals surface area contributed by atoms with Crippen LogP contribution in [-0.2, 0) is 16.4 Å². The number of nitrogens with one attached hydrogen (secondary N) is 1. The summed E-state index contributed by atoms with van der Waals surface area (Å²) in [5.74, 6) is 0.474. The van der Waals surface area contributed by atoms with Gasteiger partial charge in [0.15, 0.2) is 0 Å². The Labute approximate surface area is 154 Å². The van der Waals surface area contributed by atoms with Gasteiger partial charge in [0.1, 0.15) is 10.7 Å². The van der Waals surface area contributed by atoms with Crippen LogP contribution in [0.25, 0.3) is 4.91 Å². The van der Waals surface area contributed by atoms with Crippen molar-refractivity contribution in [3.8, 4) is 0 Å². The summed E-state index contributed by atoms with van der Waals surface area (Å²) in [7, 11) is -3.58. The number of aliphatic imine (C=N–C) groups is 1. The highest BCUT2D eigenvalue weighted by Crippen LogP contribution is 2.35. The summed E-state index contributed by atoms with van der Waals surface area (Å²) >= 11 is 0. The van der Waals surface area contributed by atoms with Gasteiger partial charge in [0.2, 0.25) is 0 Å². The van der Waals surface area contributed by atoms with Crippen molar-refractivity contribution in [2.75, 3.05) is 0 Å². The van der Waals surface area contributed by atoms with Crippen LogP contribution in [0.5, 0.6) is 0 Å². The number of amidine groups is 1. The highest BCUT2D eigenvalue weighted by Gasteiger charge is 2.33. The second-order valence-electron chi connectivity index (χ2n) is 7.01. The monoisotopic (exact) mass is 366 g/mol. The minimum absolute atomic E-state index is 0.00460. The highest BCUT2D eigenvalue weighted by atomic mass is 32.2. The summed E-state index contributed by atoms with van der Waals surface area (Å²) in [5.41, 5.74) is 5.02. The first-order valence-electron chi connectivity index (χ1n) is 8.92. The fourth-order valence-electron chi connectivity index (χ4n) is 3.78. The Hall–Kier alpha value is -2.40. The molecule has 0 saturated carbocycles. The number of rotatable bonds is 2. The molecule has 0 aromatic heterocycles. The van der Waals surface area contributed by atoms with Crippen molar-refractivity contribution in [1.82, 2.24) is 4.72 Å². The zero-order valence-corrected chi connectivity index (χ0v) is 15.8. The molecule has 1 N–H and O–H groups in total. The molecule has 0 spiro atoms. The molecule has 4 nitrogen and oxygen atoms in total. The zero-order valence-electron chi connectivity index (χ0n) is 15.0. The van der Waals surface area contributed by atoms with Gasteiger partial charge in [-0.05, 0) is 49.8 Å². The first kappa shape index (κ1) is 17.0. The molecule has 134 valence electrons. The maximum absolute atomic E-state index is 12.7. The molecular weight excluding hydrogens is 344 g/mol. The first-order chi connectivity index (χ1) is 12.5. The summed E-state index contributed by atoms with van der Waals surface area (Å²) in [6.45, 7) is 3.82. The predicted octanol–water partition coefficient (Wildman–Crippen LogP) is 4.14. The molecule has 1 aliphatic heterocycles. The van der Waals surface area contributed by atoms with Gasteiger partial charge in [0.25, 0.3) is 10.0 Å². The van der Waals surface area contributed by atoms with Crippen LogP contribution in [0.2, 0.25) is 0 Å². The smallest absolute Gasteiger partial charge is 0.263 e. The summed E-state index contributed by atoms with van der Waals surface area (Å²) in [4.78, 5) is 5.15. The van der Waals surface area contributed by atoms with E-state index < -0.39 is 10.0 Å². The van der Waals surface area contributed by atoms with Crippen LogP contribution in [0, 0.1) is 6.92 Å². The Morgan fingerprint density at radius 2 is 1.77 bits per heavy atom. The maximum Gasteiger partial charge on any atom is 0.264 e. The van der Waals surface area contributed by atoms with E-state index in [1.54, 1.807) is 0 Å². The summed E-state index contributed by atoms with van der Waals surface area (Å²) in [5, 5.41) is 0. The fourth-order valence-corrected chi connectivity index (χ4v) is 5.29. The van der Waals surface area contributed by atoms with Crippen LogP contribution in [0.4, 0.5) is 0 Å². The molecule has 5 heteroatoms. The van der Waals surface area contributed by atoms with Crippen molar-refractivity contribution >= 4 is 20.8 Å². The topological polar surface area (TPSA) is 58.5 Å². The van der Waals surface area contributed by atoms with Crippen molar-refractivity contribution in [3.63, 3.8) is 0 Å². The van der Waals surface area contributed by atoms with Crippen LogP contribution < -0.4 is 4.72 Å². The van der Waals surface area contributed by atoms with E-state index in [9.17, 15) is 8.42 Å². The molecule has 0 amide bonds. The molecule has 4 rings (SSSR count). The van der Waals surface area contributed by atoms with Crippen LogP contribution >= 0.6 is 0 Å². The summed E-state index contributed by atoms with van der Waals surface area (Å²) < 4.78 is 28.1. The molecule has 2 aromatic rings. The Morgan fingerprint density at radius 3 is 2.54 bits per heavy atom. The minimum Gasteiger partial charge on any atom is -0.263 e. The zero-order chi connectivity index (χ0) is 18.3. The lowest BCUT2D eigenvalue weighted by Gasteiger charge is -2.22. The van der Waals surface area contributed by atoms with E-state index in [1.807, 2.05) is 50.2 Å².